The van der Waals surface area contributed by atoms with E-state index < -0.39 is 0 Å². The van der Waals surface area contributed by atoms with E-state index >= 15 is 0 Å². The van der Waals surface area contributed by atoms with Crippen LogP contribution in [0.25, 0.3) is 0 Å². The molecule has 0 spiro atoms. The summed E-state index contributed by atoms with van der Waals surface area (Å²) in [4.78, 5) is 0. The molecule has 0 aliphatic carbocycles. The third kappa shape index (κ3) is 3.74. The van der Waals surface area contributed by atoms with E-state index in [2.05, 4.69) is 43.4 Å². The van der Waals surface area contributed by atoms with Crippen molar-refractivity contribution >= 4 is 5.69 Å². The molecule has 1 N–H and O–H groups in total. The van der Waals surface area contributed by atoms with E-state index in [1.807, 2.05) is 0 Å². The molecule has 1 aromatic carbocycles. The largest absolute Gasteiger partial charge is 0.382 e. The number of benzene rings is 1. The molecule has 1 aliphatic heterocycles. The molecular weight excluding hydrogens is 210 g/mol. The van der Waals surface area contributed by atoms with Crippen LogP contribution in [0.2, 0.25) is 0 Å². The summed E-state index contributed by atoms with van der Waals surface area (Å²) in [7, 11) is 0. The average Bonchev–Trinajstić information content (AvgIpc) is 2.30. The van der Waals surface area contributed by atoms with E-state index in [0.717, 1.165) is 19.4 Å². The van der Waals surface area contributed by atoms with Gasteiger partial charge >= 0.3 is 0 Å². The Morgan fingerprint density at radius 3 is 3.06 bits per heavy atom. The molecule has 0 aromatic heterocycles. The van der Waals surface area contributed by atoms with Crippen LogP contribution in [0, 0.1) is 6.92 Å². The average molecular weight is 233 g/mol. The predicted molar refractivity (Wildman–Crippen MR) is 72.5 cm³/mol. The third-order valence-corrected chi connectivity index (χ3v) is 3.37. The van der Waals surface area contributed by atoms with E-state index in [1.165, 1.54) is 24.1 Å². The summed E-state index contributed by atoms with van der Waals surface area (Å²) in [6, 6.07) is 9.18. The van der Waals surface area contributed by atoms with Gasteiger partial charge in [0.15, 0.2) is 0 Å². The van der Waals surface area contributed by atoms with Crippen LogP contribution >= 0.6 is 0 Å². The normalized spacial score (nSPS) is 24.6. The monoisotopic (exact) mass is 233 g/mol. The SMILES string of the molecule is CCCC1CC(Nc2cccc(C)c2)CCO1. The van der Waals surface area contributed by atoms with Crippen molar-refractivity contribution in [2.45, 2.75) is 51.7 Å². The lowest BCUT2D eigenvalue weighted by atomic mass is 10.00. The van der Waals surface area contributed by atoms with E-state index in [0.29, 0.717) is 12.1 Å². The molecule has 2 nitrogen and oxygen atoms in total. The first-order valence-corrected chi connectivity index (χ1v) is 6.72. The van der Waals surface area contributed by atoms with Gasteiger partial charge in [0.25, 0.3) is 0 Å². The van der Waals surface area contributed by atoms with Crippen molar-refractivity contribution in [3.05, 3.63) is 29.8 Å². The quantitative estimate of drug-likeness (QED) is 0.855. The predicted octanol–water partition coefficient (Wildman–Crippen LogP) is 3.75. The van der Waals surface area contributed by atoms with E-state index in [1.54, 1.807) is 0 Å². The topological polar surface area (TPSA) is 21.3 Å². The lowest BCUT2D eigenvalue weighted by Crippen LogP contribution is -2.33. The van der Waals surface area contributed by atoms with Crippen molar-refractivity contribution in [3.63, 3.8) is 0 Å². The summed E-state index contributed by atoms with van der Waals surface area (Å²) < 4.78 is 5.77. The van der Waals surface area contributed by atoms with Crippen molar-refractivity contribution in [2.75, 3.05) is 11.9 Å². The van der Waals surface area contributed by atoms with Crippen LogP contribution in [0.3, 0.4) is 0 Å². The molecule has 1 heterocycles. The molecule has 0 saturated carbocycles. The Bertz CT molecular complexity index is 349. The Hall–Kier alpha value is -1.02. The van der Waals surface area contributed by atoms with Crippen molar-refractivity contribution < 1.29 is 4.74 Å². The van der Waals surface area contributed by atoms with Crippen molar-refractivity contribution in [1.82, 2.24) is 0 Å². The van der Waals surface area contributed by atoms with Crippen molar-refractivity contribution in [2.24, 2.45) is 0 Å². The molecular formula is C15H23NO. The van der Waals surface area contributed by atoms with Gasteiger partial charge in [0.2, 0.25) is 0 Å². The Labute approximate surface area is 104 Å². The molecule has 94 valence electrons. The molecule has 1 aliphatic rings. The maximum atomic E-state index is 5.77. The number of aryl methyl sites for hydroxylation is 1. The summed E-state index contributed by atoms with van der Waals surface area (Å²) in [5.41, 5.74) is 2.55. The summed E-state index contributed by atoms with van der Waals surface area (Å²) in [6.07, 6.45) is 5.11. The summed E-state index contributed by atoms with van der Waals surface area (Å²) >= 11 is 0. The van der Waals surface area contributed by atoms with Crippen LogP contribution in [-0.4, -0.2) is 18.8 Å². The van der Waals surface area contributed by atoms with Crippen molar-refractivity contribution in [3.8, 4) is 0 Å². The number of anilines is 1. The molecule has 2 atom stereocenters. The Balaban J connectivity index is 1.90. The first-order valence-electron chi connectivity index (χ1n) is 6.72. The zero-order valence-electron chi connectivity index (χ0n) is 10.9. The highest BCUT2D eigenvalue weighted by Crippen LogP contribution is 2.21. The van der Waals surface area contributed by atoms with Gasteiger partial charge in [0.1, 0.15) is 0 Å². The fraction of sp³-hybridized carbons (Fsp3) is 0.600. The molecule has 2 heteroatoms. The van der Waals surface area contributed by atoms with E-state index in [4.69, 9.17) is 4.74 Å². The Kier molecular flexibility index (Phi) is 4.43. The summed E-state index contributed by atoms with van der Waals surface area (Å²) in [5, 5.41) is 3.63. The first-order chi connectivity index (χ1) is 8.28. The van der Waals surface area contributed by atoms with Gasteiger partial charge < -0.3 is 10.1 Å². The minimum absolute atomic E-state index is 0.455. The smallest absolute Gasteiger partial charge is 0.0594 e. The molecule has 0 radical (unpaired) electrons. The van der Waals surface area contributed by atoms with Crippen LogP contribution in [0.1, 0.15) is 38.2 Å². The zero-order chi connectivity index (χ0) is 12.1. The molecule has 17 heavy (non-hydrogen) atoms. The highest BCUT2D eigenvalue weighted by molar-refractivity contribution is 5.46. The second-order valence-electron chi connectivity index (χ2n) is 5.02. The second kappa shape index (κ2) is 6.06. The van der Waals surface area contributed by atoms with Crippen LogP contribution in [-0.2, 0) is 4.74 Å². The maximum absolute atomic E-state index is 5.77. The summed E-state index contributed by atoms with van der Waals surface area (Å²) in [6.45, 7) is 5.25. The molecule has 2 unspecified atom stereocenters. The van der Waals surface area contributed by atoms with Crippen LogP contribution < -0.4 is 5.32 Å². The number of rotatable bonds is 4. The minimum Gasteiger partial charge on any atom is -0.382 e. The zero-order valence-corrected chi connectivity index (χ0v) is 10.9. The molecule has 0 amide bonds. The van der Waals surface area contributed by atoms with Gasteiger partial charge in [-0.05, 0) is 43.9 Å². The molecule has 1 fully saturated rings. The van der Waals surface area contributed by atoms with Gasteiger partial charge in [-0.15, -0.1) is 0 Å². The lowest BCUT2D eigenvalue weighted by molar-refractivity contribution is 0.00598. The summed E-state index contributed by atoms with van der Waals surface area (Å²) in [5.74, 6) is 0. The van der Waals surface area contributed by atoms with E-state index in [-0.39, 0.29) is 0 Å². The molecule has 0 bridgehead atoms. The Morgan fingerprint density at radius 1 is 1.41 bits per heavy atom. The van der Waals surface area contributed by atoms with Gasteiger partial charge in [0, 0.05) is 18.3 Å². The minimum atomic E-state index is 0.455. The fourth-order valence-electron chi connectivity index (χ4n) is 2.51. The molecule has 2 rings (SSSR count). The third-order valence-electron chi connectivity index (χ3n) is 3.37. The number of hydrogen-bond acceptors (Lipinski definition) is 2. The first kappa shape index (κ1) is 12.4. The van der Waals surface area contributed by atoms with Gasteiger partial charge in [0.05, 0.1) is 6.10 Å². The fourth-order valence-corrected chi connectivity index (χ4v) is 2.51. The number of nitrogens with one attached hydrogen (secondary N) is 1. The van der Waals surface area contributed by atoms with Gasteiger partial charge in [-0.3, -0.25) is 0 Å². The van der Waals surface area contributed by atoms with Crippen molar-refractivity contribution in [1.29, 1.82) is 0 Å². The maximum Gasteiger partial charge on any atom is 0.0594 e. The molecule has 1 aromatic rings. The van der Waals surface area contributed by atoms with E-state index in [9.17, 15) is 0 Å². The number of ether oxygens (including phenoxy) is 1. The van der Waals surface area contributed by atoms with Gasteiger partial charge in [-0.25, -0.2) is 0 Å². The second-order valence-corrected chi connectivity index (χ2v) is 5.02. The van der Waals surface area contributed by atoms with Crippen LogP contribution in [0.5, 0.6) is 0 Å². The number of hydrogen-bond donors (Lipinski definition) is 1. The lowest BCUT2D eigenvalue weighted by Gasteiger charge is -2.30. The van der Waals surface area contributed by atoms with Gasteiger partial charge in [-0.1, -0.05) is 25.5 Å². The highest BCUT2D eigenvalue weighted by Gasteiger charge is 2.21. The Morgan fingerprint density at radius 2 is 2.29 bits per heavy atom. The van der Waals surface area contributed by atoms with Crippen LogP contribution in [0.15, 0.2) is 24.3 Å². The standard InChI is InChI=1S/C15H23NO/c1-3-5-15-11-14(8-9-17-15)16-13-7-4-6-12(2)10-13/h4,6-7,10,14-16H,3,5,8-9,11H2,1-2H3. The molecule has 1 saturated heterocycles. The van der Waals surface area contributed by atoms with Gasteiger partial charge in [-0.2, -0.15) is 0 Å². The highest BCUT2D eigenvalue weighted by atomic mass is 16.5. The van der Waals surface area contributed by atoms with Crippen LogP contribution in [0.4, 0.5) is 5.69 Å².